The molecule has 12 heteroatoms. The minimum Gasteiger partial charge on any atom is -1.00 e. The Morgan fingerprint density at radius 1 is 0.939 bits per heavy atom. The number of hydrogen-bond acceptors (Lipinski definition) is 3. The molecule has 1 aliphatic heterocycles. The first-order valence-electron chi connectivity index (χ1n) is 9.82. The molecule has 0 bridgehead atoms. The van der Waals surface area contributed by atoms with Crippen LogP contribution in [0.25, 0.3) is 0 Å². The van der Waals surface area contributed by atoms with E-state index >= 15 is 0 Å². The molecule has 0 aliphatic carbocycles. The Morgan fingerprint density at radius 3 is 1.91 bits per heavy atom. The van der Waals surface area contributed by atoms with Crippen LogP contribution < -0.4 is 17.0 Å². The lowest BCUT2D eigenvalue weighted by atomic mass is 10.0. The molecule has 1 saturated heterocycles. The highest BCUT2D eigenvalue weighted by Gasteiger charge is 2.43. The van der Waals surface area contributed by atoms with Crippen LogP contribution in [-0.2, 0) is 25.4 Å². The highest BCUT2D eigenvalue weighted by atomic mass is 79.9. The van der Waals surface area contributed by atoms with Gasteiger partial charge in [0.2, 0.25) is 0 Å². The van der Waals surface area contributed by atoms with E-state index in [1.165, 1.54) is 24.3 Å². The van der Waals surface area contributed by atoms with Gasteiger partial charge in [-0.25, -0.2) is 0 Å². The van der Waals surface area contributed by atoms with E-state index in [1.807, 2.05) is 0 Å². The number of likely N-dealkylation sites (tertiary alicyclic amines) is 1. The predicted molar refractivity (Wildman–Crippen MR) is 102 cm³/mol. The first-order chi connectivity index (χ1) is 14.8. The maximum absolute atomic E-state index is 13.3. The number of nitrogens with zero attached hydrogens (tertiary/aromatic N) is 2. The number of alkyl halides is 6. The fourth-order valence-electron chi connectivity index (χ4n) is 4.40. The molecule has 2 aromatic carbocycles. The van der Waals surface area contributed by atoms with E-state index in [1.54, 1.807) is 0 Å². The van der Waals surface area contributed by atoms with Crippen molar-refractivity contribution in [2.45, 2.75) is 44.3 Å². The SMILES string of the molecule is O=[N+]([O-])c1ccc(C[N+]2(Cc3cc(C(F)(F)F)cc(C(F)(F)F)c3)CCC[C@H]2CO)cc1.[Br-]. The molecule has 1 heterocycles. The van der Waals surface area contributed by atoms with E-state index in [-0.39, 0.29) is 64.5 Å². The lowest BCUT2D eigenvalue weighted by molar-refractivity contribution is -0.964. The minimum absolute atomic E-state index is 0. The fraction of sp³-hybridized carbons (Fsp3) is 0.429. The van der Waals surface area contributed by atoms with Crippen LogP contribution in [0.1, 0.15) is 35.1 Å². The van der Waals surface area contributed by atoms with Crippen molar-refractivity contribution in [1.82, 2.24) is 0 Å². The summed E-state index contributed by atoms with van der Waals surface area (Å²) in [4.78, 5) is 10.3. The van der Waals surface area contributed by atoms with E-state index < -0.39 is 28.4 Å². The normalized spacial score (nSPS) is 21.0. The summed E-state index contributed by atoms with van der Waals surface area (Å²) < 4.78 is 79.7. The number of aliphatic hydroxyl groups excluding tert-OH is 1. The van der Waals surface area contributed by atoms with E-state index in [2.05, 4.69) is 0 Å². The zero-order valence-corrected chi connectivity index (χ0v) is 18.8. The molecular weight excluding hydrogens is 522 g/mol. The first-order valence-corrected chi connectivity index (χ1v) is 9.82. The molecule has 5 nitrogen and oxygen atoms in total. The average molecular weight is 543 g/mol. The van der Waals surface area contributed by atoms with Gasteiger partial charge in [0.25, 0.3) is 5.69 Å². The minimum atomic E-state index is -4.94. The topological polar surface area (TPSA) is 63.4 Å². The van der Waals surface area contributed by atoms with Gasteiger partial charge >= 0.3 is 12.4 Å². The number of nitro groups is 1. The van der Waals surface area contributed by atoms with E-state index in [4.69, 9.17) is 0 Å². The molecule has 0 amide bonds. The van der Waals surface area contributed by atoms with Gasteiger partial charge in [-0.3, -0.25) is 10.1 Å². The standard InChI is InChI=1S/C21H21F6N2O3.BrH/c22-20(23,24)16-8-15(9-17(10-16)21(25,26)27)12-29(7-1-2-19(29)13-30)11-14-3-5-18(6-4-14)28(31)32;/h3-6,8-10,19,30H,1-2,7,11-13H2;1H/q+1;/p-1/t19-,29?;/m0./s1. The number of benzene rings is 2. The molecule has 33 heavy (non-hydrogen) atoms. The second-order valence-electron chi connectivity index (χ2n) is 8.07. The van der Waals surface area contributed by atoms with Gasteiger partial charge in [-0.15, -0.1) is 0 Å². The predicted octanol–water partition coefficient (Wildman–Crippen LogP) is 2.31. The summed E-state index contributed by atoms with van der Waals surface area (Å²) >= 11 is 0. The van der Waals surface area contributed by atoms with E-state index in [0.717, 1.165) is 12.1 Å². The summed E-state index contributed by atoms with van der Waals surface area (Å²) in [6, 6.07) is 6.77. The molecule has 0 radical (unpaired) electrons. The molecule has 2 aromatic rings. The van der Waals surface area contributed by atoms with Crippen molar-refractivity contribution >= 4 is 5.69 Å². The zero-order chi connectivity index (χ0) is 23.7. The molecule has 1 aliphatic rings. The third-order valence-corrected chi connectivity index (χ3v) is 5.92. The number of rotatable bonds is 6. The molecule has 3 rings (SSSR count). The second kappa shape index (κ2) is 9.98. The van der Waals surface area contributed by atoms with Crippen molar-refractivity contribution in [2.75, 3.05) is 13.2 Å². The van der Waals surface area contributed by atoms with Crippen LogP contribution in [0.15, 0.2) is 42.5 Å². The van der Waals surface area contributed by atoms with Crippen molar-refractivity contribution < 1.29 is 57.8 Å². The van der Waals surface area contributed by atoms with Crippen molar-refractivity contribution in [3.8, 4) is 0 Å². The van der Waals surface area contributed by atoms with Crippen LogP contribution in [0, 0.1) is 10.1 Å². The van der Waals surface area contributed by atoms with Gasteiger partial charge in [0, 0.05) is 36.1 Å². The third-order valence-electron chi connectivity index (χ3n) is 5.92. The van der Waals surface area contributed by atoms with Crippen molar-refractivity contribution in [3.05, 3.63) is 74.8 Å². The third kappa shape index (κ3) is 6.24. The fourth-order valence-corrected chi connectivity index (χ4v) is 4.40. The quantitative estimate of drug-likeness (QED) is 0.264. The number of hydrogen-bond donors (Lipinski definition) is 1. The molecule has 1 N–H and O–H groups in total. The summed E-state index contributed by atoms with van der Waals surface area (Å²) in [6.07, 6.45) is -8.68. The highest BCUT2D eigenvalue weighted by molar-refractivity contribution is 5.34. The Morgan fingerprint density at radius 2 is 1.45 bits per heavy atom. The molecule has 182 valence electrons. The van der Waals surface area contributed by atoms with Crippen LogP contribution in [0.3, 0.4) is 0 Å². The van der Waals surface area contributed by atoms with E-state index in [9.17, 15) is 41.6 Å². The second-order valence-corrected chi connectivity index (χ2v) is 8.07. The van der Waals surface area contributed by atoms with Crippen LogP contribution in [0.5, 0.6) is 0 Å². The van der Waals surface area contributed by atoms with Gasteiger partial charge in [0.1, 0.15) is 19.1 Å². The summed E-state index contributed by atoms with van der Waals surface area (Å²) in [7, 11) is 0. The molecule has 1 fully saturated rings. The lowest BCUT2D eigenvalue weighted by Gasteiger charge is -2.40. The number of non-ortho nitro benzene ring substituents is 1. The van der Waals surface area contributed by atoms with Crippen molar-refractivity contribution in [2.24, 2.45) is 0 Å². The summed E-state index contributed by atoms with van der Waals surface area (Å²) in [5, 5.41) is 20.7. The zero-order valence-electron chi connectivity index (χ0n) is 17.2. The van der Waals surface area contributed by atoms with Crippen LogP contribution in [0.4, 0.5) is 32.0 Å². The molecule has 0 saturated carbocycles. The molecule has 0 spiro atoms. The molecule has 0 aromatic heterocycles. The van der Waals surface area contributed by atoms with Crippen LogP contribution in [-0.4, -0.2) is 33.7 Å². The maximum Gasteiger partial charge on any atom is 0.416 e. The number of halogens is 7. The Bertz CT molecular complexity index is 949. The van der Waals surface area contributed by atoms with Crippen molar-refractivity contribution in [3.63, 3.8) is 0 Å². The van der Waals surface area contributed by atoms with Crippen LogP contribution >= 0.6 is 0 Å². The molecular formula is C21H21BrF6N2O3. The summed E-state index contributed by atoms with van der Waals surface area (Å²) in [5.41, 5.74) is -2.38. The number of nitro benzene ring substituents is 1. The molecule has 1 unspecified atom stereocenters. The summed E-state index contributed by atoms with van der Waals surface area (Å²) in [5.74, 6) is 0. The van der Waals surface area contributed by atoms with Gasteiger partial charge in [0.05, 0.1) is 29.2 Å². The smallest absolute Gasteiger partial charge is 0.416 e. The monoisotopic (exact) mass is 542 g/mol. The Balaban J connectivity index is 0.00000385. The van der Waals surface area contributed by atoms with Gasteiger partial charge < -0.3 is 26.6 Å². The maximum atomic E-state index is 13.3. The lowest BCUT2D eigenvalue weighted by Crippen LogP contribution is -3.00. The Labute approximate surface area is 196 Å². The van der Waals surface area contributed by atoms with Crippen LogP contribution in [0.2, 0.25) is 0 Å². The van der Waals surface area contributed by atoms with Crippen molar-refractivity contribution in [1.29, 1.82) is 0 Å². The van der Waals surface area contributed by atoms with Gasteiger partial charge in [-0.1, -0.05) is 0 Å². The number of quaternary nitrogens is 1. The van der Waals surface area contributed by atoms with Gasteiger partial charge in [-0.2, -0.15) is 26.3 Å². The first kappa shape index (κ1) is 27.1. The highest BCUT2D eigenvalue weighted by Crippen LogP contribution is 2.39. The molecule has 2 atom stereocenters. The van der Waals surface area contributed by atoms with Gasteiger partial charge in [0.15, 0.2) is 0 Å². The Hall–Kier alpha value is -2.18. The average Bonchev–Trinajstić information content (AvgIpc) is 3.08. The van der Waals surface area contributed by atoms with Gasteiger partial charge in [-0.05, 0) is 30.3 Å². The largest absolute Gasteiger partial charge is 1.00 e. The Kier molecular flexibility index (Phi) is 8.19. The van der Waals surface area contributed by atoms with E-state index in [0.29, 0.717) is 24.9 Å². The summed E-state index contributed by atoms with van der Waals surface area (Å²) in [6.45, 7) is 0.230. The number of aliphatic hydroxyl groups is 1.